The average molecular weight is 460 g/mol. The van der Waals surface area contributed by atoms with Gasteiger partial charge in [-0.05, 0) is 48.7 Å². The smallest absolute Gasteiger partial charge is 0.253 e. The SMILES string of the molecule is COc1cccc(CNC(=O)c2cc(S(=O)(=O)N3CCOCC3)ccc2N2CCCC2)c1. The molecule has 2 fully saturated rings. The molecule has 0 aromatic heterocycles. The predicted octanol–water partition coefficient (Wildman–Crippen LogP) is 2.25. The van der Waals surface area contributed by atoms with E-state index >= 15 is 0 Å². The van der Waals surface area contributed by atoms with Crippen molar-refractivity contribution < 1.29 is 22.7 Å². The number of sulfonamides is 1. The van der Waals surface area contributed by atoms with Gasteiger partial charge < -0.3 is 19.7 Å². The molecule has 172 valence electrons. The minimum Gasteiger partial charge on any atom is -0.497 e. The topological polar surface area (TPSA) is 88.2 Å². The second-order valence-corrected chi connectivity index (χ2v) is 9.86. The molecule has 8 nitrogen and oxygen atoms in total. The lowest BCUT2D eigenvalue weighted by molar-refractivity contribution is 0.0730. The first-order chi connectivity index (χ1) is 15.5. The van der Waals surface area contributed by atoms with Gasteiger partial charge in [0.15, 0.2) is 0 Å². The molecule has 0 spiro atoms. The summed E-state index contributed by atoms with van der Waals surface area (Å²) < 4.78 is 38.3. The zero-order valence-electron chi connectivity index (χ0n) is 18.2. The number of amides is 1. The lowest BCUT2D eigenvalue weighted by Gasteiger charge is -2.27. The van der Waals surface area contributed by atoms with Gasteiger partial charge in [0, 0.05) is 38.4 Å². The van der Waals surface area contributed by atoms with E-state index in [0.29, 0.717) is 44.2 Å². The van der Waals surface area contributed by atoms with Gasteiger partial charge in [0.1, 0.15) is 5.75 Å². The Morgan fingerprint density at radius 3 is 2.53 bits per heavy atom. The standard InChI is InChI=1S/C23H29N3O5S/c1-30-19-6-4-5-18(15-19)17-24-23(27)21-16-20(7-8-22(21)25-9-2-3-10-25)32(28,29)26-11-13-31-14-12-26/h4-8,15-16H,2-3,9-14,17H2,1H3,(H,24,27). The molecule has 2 aliphatic rings. The van der Waals surface area contributed by atoms with Crippen molar-refractivity contribution in [1.29, 1.82) is 0 Å². The lowest BCUT2D eigenvalue weighted by Crippen LogP contribution is -2.40. The largest absolute Gasteiger partial charge is 0.497 e. The van der Waals surface area contributed by atoms with Gasteiger partial charge in [-0.3, -0.25) is 4.79 Å². The molecule has 1 amide bonds. The van der Waals surface area contributed by atoms with Crippen molar-refractivity contribution in [3.63, 3.8) is 0 Å². The number of ether oxygens (including phenoxy) is 2. The molecular formula is C23H29N3O5S. The average Bonchev–Trinajstić information content (AvgIpc) is 3.37. The van der Waals surface area contributed by atoms with Crippen LogP contribution in [0.5, 0.6) is 5.75 Å². The third kappa shape index (κ3) is 4.90. The van der Waals surface area contributed by atoms with E-state index in [0.717, 1.165) is 37.2 Å². The fourth-order valence-corrected chi connectivity index (χ4v) is 5.52. The van der Waals surface area contributed by atoms with Crippen molar-refractivity contribution in [2.24, 2.45) is 0 Å². The van der Waals surface area contributed by atoms with Crippen molar-refractivity contribution in [1.82, 2.24) is 9.62 Å². The first-order valence-corrected chi connectivity index (χ1v) is 12.3. The van der Waals surface area contributed by atoms with E-state index in [4.69, 9.17) is 9.47 Å². The Morgan fingerprint density at radius 1 is 1.06 bits per heavy atom. The molecule has 0 radical (unpaired) electrons. The number of hydrogen-bond donors (Lipinski definition) is 1. The number of hydrogen-bond acceptors (Lipinski definition) is 6. The fourth-order valence-electron chi connectivity index (χ4n) is 4.09. The van der Waals surface area contributed by atoms with E-state index in [1.807, 2.05) is 24.3 Å². The van der Waals surface area contributed by atoms with Crippen molar-refractivity contribution in [2.45, 2.75) is 24.3 Å². The van der Waals surface area contributed by atoms with Gasteiger partial charge in [0.25, 0.3) is 5.91 Å². The first kappa shape index (κ1) is 22.6. The quantitative estimate of drug-likeness (QED) is 0.683. The monoisotopic (exact) mass is 459 g/mol. The summed E-state index contributed by atoms with van der Waals surface area (Å²) in [7, 11) is -2.10. The number of nitrogens with one attached hydrogen (secondary N) is 1. The summed E-state index contributed by atoms with van der Waals surface area (Å²) in [4.78, 5) is 15.5. The number of methoxy groups -OCH3 is 1. The summed E-state index contributed by atoms with van der Waals surface area (Å²) in [6.07, 6.45) is 2.11. The van der Waals surface area contributed by atoms with Crippen LogP contribution in [-0.4, -0.2) is 65.1 Å². The van der Waals surface area contributed by atoms with Crippen LogP contribution in [0.1, 0.15) is 28.8 Å². The maximum atomic E-state index is 13.2. The molecule has 2 saturated heterocycles. The molecule has 0 atom stereocenters. The third-order valence-corrected chi connectivity index (χ3v) is 7.75. The highest BCUT2D eigenvalue weighted by atomic mass is 32.2. The molecule has 1 N–H and O–H groups in total. The van der Waals surface area contributed by atoms with Crippen LogP contribution < -0.4 is 15.0 Å². The number of carbonyl (C=O) groups excluding carboxylic acids is 1. The molecule has 0 bridgehead atoms. The van der Waals surface area contributed by atoms with Crippen LogP contribution in [0.3, 0.4) is 0 Å². The van der Waals surface area contributed by atoms with Crippen LogP contribution in [0.4, 0.5) is 5.69 Å². The zero-order valence-corrected chi connectivity index (χ0v) is 19.1. The highest BCUT2D eigenvalue weighted by Crippen LogP contribution is 2.29. The minimum atomic E-state index is -3.70. The number of rotatable bonds is 7. The minimum absolute atomic E-state index is 0.133. The molecule has 4 rings (SSSR count). The Kier molecular flexibility index (Phi) is 6.98. The zero-order chi connectivity index (χ0) is 22.6. The summed E-state index contributed by atoms with van der Waals surface area (Å²) in [6, 6.07) is 12.4. The molecule has 0 unspecified atom stereocenters. The van der Waals surface area contributed by atoms with E-state index < -0.39 is 10.0 Å². The Hall–Kier alpha value is -2.62. The van der Waals surface area contributed by atoms with Gasteiger partial charge in [-0.2, -0.15) is 4.31 Å². The summed E-state index contributed by atoms with van der Waals surface area (Å²) in [5, 5.41) is 2.94. The summed E-state index contributed by atoms with van der Waals surface area (Å²) >= 11 is 0. The van der Waals surface area contributed by atoms with Gasteiger partial charge in [-0.1, -0.05) is 12.1 Å². The highest BCUT2D eigenvalue weighted by Gasteiger charge is 2.29. The van der Waals surface area contributed by atoms with Gasteiger partial charge in [-0.15, -0.1) is 0 Å². The molecule has 0 saturated carbocycles. The van der Waals surface area contributed by atoms with Crippen LogP contribution in [0, 0.1) is 0 Å². The van der Waals surface area contributed by atoms with Crippen molar-refractivity contribution in [3.05, 3.63) is 53.6 Å². The van der Waals surface area contributed by atoms with Crippen LogP contribution in [-0.2, 0) is 21.3 Å². The van der Waals surface area contributed by atoms with Crippen molar-refractivity contribution in [3.8, 4) is 5.75 Å². The summed E-state index contributed by atoms with van der Waals surface area (Å²) in [5.74, 6) is 0.418. The number of carbonyl (C=O) groups is 1. The van der Waals surface area contributed by atoms with Gasteiger partial charge in [0.05, 0.1) is 30.8 Å². The molecular weight excluding hydrogens is 430 g/mol. The van der Waals surface area contributed by atoms with E-state index in [-0.39, 0.29) is 10.8 Å². The number of nitrogens with zero attached hydrogens (tertiary/aromatic N) is 2. The first-order valence-electron chi connectivity index (χ1n) is 10.9. The Balaban J connectivity index is 1.61. The summed E-state index contributed by atoms with van der Waals surface area (Å²) in [5.41, 5.74) is 2.05. The lowest BCUT2D eigenvalue weighted by atomic mass is 10.1. The molecule has 2 heterocycles. The van der Waals surface area contributed by atoms with E-state index in [1.165, 1.54) is 10.4 Å². The molecule has 9 heteroatoms. The molecule has 2 aliphatic heterocycles. The Bertz CT molecular complexity index is 1060. The maximum absolute atomic E-state index is 13.2. The molecule has 32 heavy (non-hydrogen) atoms. The maximum Gasteiger partial charge on any atom is 0.253 e. The van der Waals surface area contributed by atoms with E-state index in [2.05, 4.69) is 10.2 Å². The highest BCUT2D eigenvalue weighted by molar-refractivity contribution is 7.89. The molecule has 0 aliphatic carbocycles. The number of anilines is 1. The van der Waals surface area contributed by atoms with Crippen LogP contribution in [0.25, 0.3) is 0 Å². The van der Waals surface area contributed by atoms with E-state index in [9.17, 15) is 13.2 Å². The number of benzene rings is 2. The Morgan fingerprint density at radius 2 is 1.81 bits per heavy atom. The van der Waals surface area contributed by atoms with Gasteiger partial charge in [-0.25, -0.2) is 8.42 Å². The van der Waals surface area contributed by atoms with E-state index in [1.54, 1.807) is 19.2 Å². The van der Waals surface area contributed by atoms with Crippen LogP contribution in [0.15, 0.2) is 47.4 Å². The van der Waals surface area contributed by atoms with Crippen LogP contribution in [0.2, 0.25) is 0 Å². The Labute approximate surface area is 189 Å². The van der Waals surface area contributed by atoms with Crippen LogP contribution >= 0.6 is 0 Å². The van der Waals surface area contributed by atoms with Gasteiger partial charge >= 0.3 is 0 Å². The second-order valence-electron chi connectivity index (χ2n) is 7.92. The normalized spacial score (nSPS) is 17.3. The molecule has 2 aromatic rings. The second kappa shape index (κ2) is 9.89. The van der Waals surface area contributed by atoms with Crippen molar-refractivity contribution in [2.75, 3.05) is 51.4 Å². The third-order valence-electron chi connectivity index (χ3n) is 5.85. The molecule has 2 aromatic carbocycles. The number of morpholine rings is 1. The van der Waals surface area contributed by atoms with Gasteiger partial charge in [0.2, 0.25) is 10.0 Å². The summed E-state index contributed by atoms with van der Waals surface area (Å²) in [6.45, 7) is 3.40. The predicted molar refractivity (Wildman–Crippen MR) is 122 cm³/mol. The fraction of sp³-hybridized carbons (Fsp3) is 0.435. The van der Waals surface area contributed by atoms with Crippen molar-refractivity contribution >= 4 is 21.6 Å².